The van der Waals surface area contributed by atoms with Gasteiger partial charge in [-0.2, -0.15) is 4.98 Å². The molecule has 25 heavy (non-hydrogen) atoms. The van der Waals surface area contributed by atoms with E-state index in [4.69, 9.17) is 5.73 Å². The van der Waals surface area contributed by atoms with E-state index in [-0.39, 0.29) is 0 Å². The van der Waals surface area contributed by atoms with Gasteiger partial charge in [0.15, 0.2) is 0 Å². The quantitative estimate of drug-likeness (QED) is 0.832. The highest BCUT2D eigenvalue weighted by Crippen LogP contribution is 2.30. The first-order chi connectivity index (χ1) is 12.0. The van der Waals surface area contributed by atoms with Gasteiger partial charge in [0.1, 0.15) is 5.82 Å². The topological polar surface area (TPSA) is 93.1 Å². The zero-order valence-electron chi connectivity index (χ0n) is 15.1. The van der Waals surface area contributed by atoms with Crippen molar-refractivity contribution in [3.8, 4) is 0 Å². The molecule has 7 heteroatoms. The lowest BCUT2D eigenvalue weighted by Crippen LogP contribution is -2.47. The Bertz CT molecular complexity index is 692. The summed E-state index contributed by atoms with van der Waals surface area (Å²) < 4.78 is 1.94. The standard InChI is InChI=1S/C18H28N6O/c1-3-4-5-15-14(2)21-17(19)22-16(15)24-9-6-18(25,7-10-24)12-23-11-8-20-13-23/h8,11,13,25H,3-7,9-10,12H2,1-2H3,(H2,19,21,22). The maximum atomic E-state index is 10.9. The van der Waals surface area contributed by atoms with Gasteiger partial charge in [0.05, 0.1) is 18.5 Å². The van der Waals surface area contributed by atoms with E-state index >= 15 is 0 Å². The fraction of sp³-hybridized carbons (Fsp3) is 0.611. The molecule has 136 valence electrons. The molecule has 3 N–H and O–H groups in total. The number of nitrogens with two attached hydrogens (primary N) is 1. The normalized spacial score (nSPS) is 17.0. The zero-order chi connectivity index (χ0) is 17.9. The van der Waals surface area contributed by atoms with E-state index in [1.165, 1.54) is 5.56 Å². The number of anilines is 2. The first kappa shape index (κ1) is 17.7. The molecule has 3 rings (SSSR count). The van der Waals surface area contributed by atoms with Crippen molar-refractivity contribution in [2.24, 2.45) is 0 Å². The minimum Gasteiger partial charge on any atom is -0.388 e. The van der Waals surface area contributed by atoms with Crippen molar-refractivity contribution < 1.29 is 5.11 Å². The molecule has 0 aliphatic carbocycles. The number of nitrogen functional groups attached to an aromatic ring is 1. The summed E-state index contributed by atoms with van der Waals surface area (Å²) in [5.74, 6) is 1.27. The number of hydrogen-bond acceptors (Lipinski definition) is 6. The van der Waals surface area contributed by atoms with Gasteiger partial charge in [0, 0.05) is 36.7 Å². The van der Waals surface area contributed by atoms with Gasteiger partial charge in [-0.25, -0.2) is 9.97 Å². The van der Waals surface area contributed by atoms with Gasteiger partial charge in [0.2, 0.25) is 5.95 Å². The van der Waals surface area contributed by atoms with Crippen molar-refractivity contribution in [3.63, 3.8) is 0 Å². The van der Waals surface area contributed by atoms with Crippen LogP contribution in [0.3, 0.4) is 0 Å². The van der Waals surface area contributed by atoms with Crippen LogP contribution in [0.2, 0.25) is 0 Å². The fourth-order valence-corrected chi connectivity index (χ4v) is 3.52. The van der Waals surface area contributed by atoms with Crippen molar-refractivity contribution >= 4 is 11.8 Å². The van der Waals surface area contributed by atoms with Crippen LogP contribution >= 0.6 is 0 Å². The fourth-order valence-electron chi connectivity index (χ4n) is 3.52. The van der Waals surface area contributed by atoms with E-state index in [0.717, 1.165) is 43.9 Å². The lowest BCUT2D eigenvalue weighted by molar-refractivity contribution is -0.000204. The molecule has 0 bridgehead atoms. The molecule has 3 heterocycles. The van der Waals surface area contributed by atoms with Gasteiger partial charge in [-0.15, -0.1) is 0 Å². The average molecular weight is 344 g/mol. The van der Waals surface area contributed by atoms with Crippen LogP contribution in [-0.4, -0.2) is 43.3 Å². The lowest BCUT2D eigenvalue weighted by atomic mass is 9.91. The second-order valence-electron chi connectivity index (χ2n) is 7.02. The monoisotopic (exact) mass is 344 g/mol. The predicted octanol–water partition coefficient (Wildman–Crippen LogP) is 1.94. The number of aromatic nitrogens is 4. The molecule has 0 saturated carbocycles. The second kappa shape index (κ2) is 7.39. The largest absolute Gasteiger partial charge is 0.388 e. The number of imidazole rings is 1. The van der Waals surface area contributed by atoms with E-state index in [1.54, 1.807) is 12.5 Å². The van der Waals surface area contributed by atoms with Crippen LogP contribution in [0.1, 0.15) is 43.9 Å². The number of aryl methyl sites for hydroxylation is 1. The van der Waals surface area contributed by atoms with Crippen molar-refractivity contribution in [2.45, 2.75) is 58.1 Å². The third-order valence-electron chi connectivity index (χ3n) is 5.02. The van der Waals surface area contributed by atoms with Gasteiger partial charge in [-0.05, 0) is 32.6 Å². The summed E-state index contributed by atoms with van der Waals surface area (Å²) in [5.41, 5.74) is 7.36. The van der Waals surface area contributed by atoms with E-state index in [2.05, 4.69) is 26.8 Å². The molecule has 0 unspecified atom stereocenters. The Morgan fingerprint density at radius 3 is 2.68 bits per heavy atom. The van der Waals surface area contributed by atoms with Crippen LogP contribution < -0.4 is 10.6 Å². The van der Waals surface area contributed by atoms with Crippen molar-refractivity contribution in [1.29, 1.82) is 0 Å². The minimum atomic E-state index is -0.700. The van der Waals surface area contributed by atoms with Crippen molar-refractivity contribution in [2.75, 3.05) is 23.7 Å². The molecular weight excluding hydrogens is 316 g/mol. The van der Waals surface area contributed by atoms with Crippen LogP contribution in [0.15, 0.2) is 18.7 Å². The Labute approximate surface area is 148 Å². The summed E-state index contributed by atoms with van der Waals surface area (Å²) in [6, 6.07) is 0. The molecule has 2 aromatic rings. The third kappa shape index (κ3) is 4.10. The summed E-state index contributed by atoms with van der Waals surface area (Å²) in [6.45, 7) is 6.30. The van der Waals surface area contributed by atoms with Gasteiger partial charge in [-0.1, -0.05) is 13.3 Å². The van der Waals surface area contributed by atoms with Crippen LogP contribution in [0.4, 0.5) is 11.8 Å². The highest BCUT2D eigenvalue weighted by Gasteiger charge is 2.34. The summed E-state index contributed by atoms with van der Waals surface area (Å²) in [5, 5.41) is 10.9. The Hall–Kier alpha value is -2.15. The molecule has 0 amide bonds. The predicted molar refractivity (Wildman–Crippen MR) is 98.4 cm³/mol. The Balaban J connectivity index is 1.74. The molecule has 1 aliphatic rings. The highest BCUT2D eigenvalue weighted by molar-refractivity contribution is 5.52. The highest BCUT2D eigenvalue weighted by atomic mass is 16.3. The maximum Gasteiger partial charge on any atom is 0.222 e. The Morgan fingerprint density at radius 2 is 2.04 bits per heavy atom. The smallest absolute Gasteiger partial charge is 0.222 e. The first-order valence-corrected chi connectivity index (χ1v) is 9.07. The molecule has 1 saturated heterocycles. The number of rotatable bonds is 6. The molecule has 7 nitrogen and oxygen atoms in total. The summed E-state index contributed by atoms with van der Waals surface area (Å²) in [6.07, 6.45) is 9.98. The van der Waals surface area contributed by atoms with Crippen LogP contribution in [-0.2, 0) is 13.0 Å². The summed E-state index contributed by atoms with van der Waals surface area (Å²) in [7, 11) is 0. The van der Waals surface area contributed by atoms with Gasteiger partial charge < -0.3 is 20.3 Å². The van der Waals surface area contributed by atoms with Gasteiger partial charge in [-0.3, -0.25) is 0 Å². The molecule has 0 spiro atoms. The van der Waals surface area contributed by atoms with Crippen molar-refractivity contribution in [3.05, 3.63) is 30.0 Å². The number of aliphatic hydroxyl groups is 1. The number of nitrogens with zero attached hydrogens (tertiary/aromatic N) is 5. The summed E-state index contributed by atoms with van der Waals surface area (Å²) in [4.78, 5) is 15.2. The SMILES string of the molecule is CCCCc1c(C)nc(N)nc1N1CCC(O)(Cn2ccnc2)CC1. The van der Waals surface area contributed by atoms with Crippen molar-refractivity contribution in [1.82, 2.24) is 19.5 Å². The minimum absolute atomic E-state index is 0.326. The first-order valence-electron chi connectivity index (χ1n) is 9.07. The van der Waals surface area contributed by atoms with Crippen LogP contribution in [0, 0.1) is 6.92 Å². The Kier molecular flexibility index (Phi) is 5.22. The Morgan fingerprint density at radius 1 is 1.28 bits per heavy atom. The van der Waals surface area contributed by atoms with E-state index < -0.39 is 5.60 Å². The molecule has 1 fully saturated rings. The molecule has 1 aliphatic heterocycles. The van der Waals surface area contributed by atoms with Crippen LogP contribution in [0.25, 0.3) is 0 Å². The van der Waals surface area contributed by atoms with E-state index in [1.807, 2.05) is 17.7 Å². The van der Waals surface area contributed by atoms with Gasteiger partial charge in [0.25, 0.3) is 0 Å². The van der Waals surface area contributed by atoms with Gasteiger partial charge >= 0.3 is 0 Å². The molecule has 0 atom stereocenters. The van der Waals surface area contributed by atoms with E-state index in [0.29, 0.717) is 25.3 Å². The molecular formula is C18H28N6O. The molecule has 0 aromatic carbocycles. The second-order valence-corrected chi connectivity index (χ2v) is 7.02. The maximum absolute atomic E-state index is 10.9. The van der Waals surface area contributed by atoms with Crippen LogP contribution in [0.5, 0.6) is 0 Å². The van der Waals surface area contributed by atoms with E-state index in [9.17, 15) is 5.11 Å². The molecule has 2 aromatic heterocycles. The lowest BCUT2D eigenvalue weighted by Gasteiger charge is -2.39. The number of piperidine rings is 1. The molecule has 0 radical (unpaired) electrons. The summed E-state index contributed by atoms with van der Waals surface area (Å²) >= 11 is 0. The number of unbranched alkanes of at least 4 members (excludes halogenated alkanes) is 1. The zero-order valence-corrected chi connectivity index (χ0v) is 15.1. The number of hydrogen-bond donors (Lipinski definition) is 2. The average Bonchev–Trinajstić information content (AvgIpc) is 3.06. The third-order valence-corrected chi connectivity index (χ3v) is 5.02.